The Morgan fingerprint density at radius 1 is 1.53 bits per heavy atom. The maximum Gasteiger partial charge on any atom is 0.228 e. The normalized spacial score (nSPS) is 12.2. The summed E-state index contributed by atoms with van der Waals surface area (Å²) in [7, 11) is 0. The zero-order chi connectivity index (χ0) is 12.8. The Morgan fingerprint density at radius 2 is 2.24 bits per heavy atom. The number of carbonyl (C=O) groups excluding carboxylic acids is 1. The van der Waals surface area contributed by atoms with Gasteiger partial charge in [0.05, 0.1) is 11.4 Å². The zero-order valence-corrected chi connectivity index (χ0v) is 12.0. The predicted molar refractivity (Wildman–Crippen MR) is 73.0 cm³/mol. The molecule has 0 fully saturated rings. The van der Waals surface area contributed by atoms with Crippen molar-refractivity contribution in [1.82, 2.24) is 10.3 Å². The highest BCUT2D eigenvalue weighted by atomic mass is 79.9. The van der Waals surface area contributed by atoms with E-state index < -0.39 is 0 Å². The van der Waals surface area contributed by atoms with E-state index in [9.17, 15) is 4.79 Å². The molecule has 0 radical (unpaired) electrons. The molecule has 0 saturated heterocycles. The van der Waals surface area contributed by atoms with Crippen LogP contribution in [-0.4, -0.2) is 24.0 Å². The topological polar surface area (TPSA) is 54.0 Å². The molecule has 1 atom stereocenters. The average Bonchev–Trinajstić information content (AvgIpc) is 2.29. The minimum Gasteiger partial charge on any atom is -0.324 e. The smallest absolute Gasteiger partial charge is 0.228 e. The zero-order valence-electron chi connectivity index (χ0n) is 10.4. The van der Waals surface area contributed by atoms with E-state index >= 15 is 0 Å². The van der Waals surface area contributed by atoms with Gasteiger partial charge in [0.15, 0.2) is 0 Å². The molecule has 2 N–H and O–H groups in total. The van der Waals surface area contributed by atoms with Gasteiger partial charge >= 0.3 is 0 Å². The van der Waals surface area contributed by atoms with Gasteiger partial charge in [0.2, 0.25) is 5.91 Å². The van der Waals surface area contributed by atoms with Crippen molar-refractivity contribution < 1.29 is 4.79 Å². The van der Waals surface area contributed by atoms with Gasteiger partial charge in [-0.25, -0.2) is 4.98 Å². The molecular formula is C12H18BrN3O. The van der Waals surface area contributed by atoms with Crippen LogP contribution in [0.5, 0.6) is 0 Å². The molecule has 94 valence electrons. The highest BCUT2D eigenvalue weighted by Gasteiger charge is 2.13. The van der Waals surface area contributed by atoms with Crippen LogP contribution in [0.1, 0.15) is 19.5 Å². The first-order valence-electron chi connectivity index (χ1n) is 5.69. The Kier molecular flexibility index (Phi) is 5.58. The number of nitrogens with zero attached hydrogens (tertiary/aromatic N) is 1. The van der Waals surface area contributed by atoms with Crippen molar-refractivity contribution in [1.29, 1.82) is 0 Å². The summed E-state index contributed by atoms with van der Waals surface area (Å²) >= 11 is 3.29. The van der Waals surface area contributed by atoms with Crippen LogP contribution < -0.4 is 10.6 Å². The number of pyridine rings is 1. The number of halogens is 1. The van der Waals surface area contributed by atoms with Crippen molar-refractivity contribution in [2.24, 2.45) is 5.92 Å². The van der Waals surface area contributed by atoms with Crippen molar-refractivity contribution >= 4 is 27.5 Å². The lowest BCUT2D eigenvalue weighted by Crippen LogP contribution is -2.30. The van der Waals surface area contributed by atoms with Crippen molar-refractivity contribution in [3.8, 4) is 0 Å². The van der Waals surface area contributed by atoms with Gasteiger partial charge in [-0.05, 0) is 41.5 Å². The molecule has 17 heavy (non-hydrogen) atoms. The Hall–Kier alpha value is -0.940. The van der Waals surface area contributed by atoms with Crippen molar-refractivity contribution in [2.45, 2.75) is 20.8 Å². The summed E-state index contributed by atoms with van der Waals surface area (Å²) in [5, 5.41) is 6.04. The molecule has 5 heteroatoms. The molecule has 1 amide bonds. The summed E-state index contributed by atoms with van der Waals surface area (Å²) in [5.74, 6) is -0.0452. The Morgan fingerprint density at radius 3 is 2.82 bits per heavy atom. The number of carbonyl (C=O) groups is 1. The summed E-state index contributed by atoms with van der Waals surface area (Å²) in [4.78, 5) is 16.1. The Balaban J connectivity index is 2.61. The predicted octanol–water partition coefficient (Wildman–Crippen LogP) is 2.34. The van der Waals surface area contributed by atoms with Gasteiger partial charge in [0.25, 0.3) is 0 Å². The first kappa shape index (κ1) is 14.1. The molecule has 0 spiro atoms. The third-order valence-electron chi connectivity index (χ3n) is 2.46. The number of aromatic nitrogens is 1. The van der Waals surface area contributed by atoms with E-state index in [2.05, 4.69) is 31.5 Å². The molecule has 0 bridgehead atoms. The van der Waals surface area contributed by atoms with Gasteiger partial charge in [-0.3, -0.25) is 4.79 Å². The van der Waals surface area contributed by atoms with E-state index in [0.29, 0.717) is 6.54 Å². The maximum atomic E-state index is 11.9. The van der Waals surface area contributed by atoms with Crippen LogP contribution in [0.2, 0.25) is 0 Å². The molecule has 0 aliphatic rings. The largest absolute Gasteiger partial charge is 0.324 e. The third kappa shape index (κ3) is 4.44. The minimum absolute atomic E-state index is 0.0122. The fourth-order valence-corrected chi connectivity index (χ4v) is 1.77. The summed E-state index contributed by atoms with van der Waals surface area (Å²) in [6.07, 6.45) is 0. The number of hydrogen-bond donors (Lipinski definition) is 2. The maximum absolute atomic E-state index is 11.9. The van der Waals surface area contributed by atoms with E-state index in [0.717, 1.165) is 22.5 Å². The highest BCUT2D eigenvalue weighted by molar-refractivity contribution is 9.10. The molecule has 1 rings (SSSR count). The summed E-state index contributed by atoms with van der Waals surface area (Å²) in [5.41, 5.74) is 1.57. The van der Waals surface area contributed by atoms with Crippen molar-refractivity contribution in [3.05, 3.63) is 22.4 Å². The van der Waals surface area contributed by atoms with E-state index in [1.165, 1.54) is 0 Å². The van der Waals surface area contributed by atoms with Gasteiger partial charge in [-0.1, -0.05) is 13.8 Å². The number of aryl methyl sites for hydroxylation is 1. The van der Waals surface area contributed by atoms with Crippen LogP contribution in [0.15, 0.2) is 16.7 Å². The molecule has 0 aliphatic carbocycles. The lowest BCUT2D eigenvalue weighted by atomic mass is 10.1. The number of anilines is 1. The standard InChI is InChI=1S/C12H18BrN3O/c1-4-14-7-8(2)12(17)16-10-5-6-11(13)15-9(10)3/h5-6,8,14H,4,7H2,1-3H3,(H,16,17). The third-order valence-corrected chi connectivity index (χ3v) is 2.90. The monoisotopic (exact) mass is 299 g/mol. The number of amides is 1. The van der Waals surface area contributed by atoms with Gasteiger partial charge in [0, 0.05) is 12.5 Å². The molecule has 4 nitrogen and oxygen atoms in total. The van der Waals surface area contributed by atoms with Crippen molar-refractivity contribution in [2.75, 3.05) is 18.4 Å². The van der Waals surface area contributed by atoms with E-state index in [1.807, 2.05) is 32.9 Å². The van der Waals surface area contributed by atoms with Gasteiger partial charge in [-0.15, -0.1) is 0 Å². The number of nitrogens with one attached hydrogen (secondary N) is 2. The number of hydrogen-bond acceptors (Lipinski definition) is 3. The van der Waals surface area contributed by atoms with Crippen LogP contribution in [0.3, 0.4) is 0 Å². The SMILES string of the molecule is CCNCC(C)C(=O)Nc1ccc(Br)nc1C. The average molecular weight is 300 g/mol. The second-order valence-electron chi connectivity index (χ2n) is 3.96. The molecule has 1 aromatic rings. The second-order valence-corrected chi connectivity index (χ2v) is 4.78. The Labute approximate surface area is 110 Å². The molecule has 0 saturated carbocycles. The van der Waals surface area contributed by atoms with Gasteiger partial charge < -0.3 is 10.6 Å². The van der Waals surface area contributed by atoms with E-state index in [4.69, 9.17) is 0 Å². The Bertz CT molecular complexity index is 395. The molecule has 0 aromatic carbocycles. The molecule has 1 unspecified atom stereocenters. The summed E-state index contributed by atoms with van der Waals surface area (Å²) in [6, 6.07) is 3.67. The lowest BCUT2D eigenvalue weighted by Gasteiger charge is -2.13. The minimum atomic E-state index is -0.0574. The van der Waals surface area contributed by atoms with Crippen LogP contribution >= 0.6 is 15.9 Å². The highest BCUT2D eigenvalue weighted by Crippen LogP contribution is 2.16. The van der Waals surface area contributed by atoms with Gasteiger partial charge in [-0.2, -0.15) is 0 Å². The molecule has 1 aromatic heterocycles. The molecular weight excluding hydrogens is 282 g/mol. The summed E-state index contributed by atoms with van der Waals surface area (Å²) in [6.45, 7) is 7.35. The fraction of sp³-hybridized carbons (Fsp3) is 0.500. The first-order chi connectivity index (χ1) is 8.04. The lowest BCUT2D eigenvalue weighted by molar-refractivity contribution is -0.119. The van der Waals surface area contributed by atoms with E-state index in [-0.39, 0.29) is 11.8 Å². The van der Waals surface area contributed by atoms with Crippen LogP contribution in [0.25, 0.3) is 0 Å². The quantitative estimate of drug-likeness (QED) is 0.821. The van der Waals surface area contributed by atoms with Crippen LogP contribution in [0, 0.1) is 12.8 Å². The molecule has 0 aliphatic heterocycles. The summed E-state index contributed by atoms with van der Waals surface area (Å²) < 4.78 is 0.772. The van der Waals surface area contributed by atoms with Gasteiger partial charge in [0.1, 0.15) is 4.60 Å². The first-order valence-corrected chi connectivity index (χ1v) is 6.48. The van der Waals surface area contributed by atoms with Crippen LogP contribution in [-0.2, 0) is 4.79 Å². The van der Waals surface area contributed by atoms with Crippen LogP contribution in [0.4, 0.5) is 5.69 Å². The van der Waals surface area contributed by atoms with E-state index in [1.54, 1.807) is 0 Å². The fourth-order valence-electron chi connectivity index (χ4n) is 1.37. The second kappa shape index (κ2) is 6.71. The molecule has 1 heterocycles. The van der Waals surface area contributed by atoms with Crippen molar-refractivity contribution in [3.63, 3.8) is 0 Å². The number of rotatable bonds is 5.